The maximum Gasteiger partial charge on any atom is 0.208 e. The molecule has 0 bridgehead atoms. The molecule has 0 aliphatic carbocycles. The normalized spacial score (nSPS) is 11.9. The largest absolute Gasteiger partial charge is 0.378 e. The van der Waals surface area contributed by atoms with Crippen molar-refractivity contribution in [3.8, 4) is 0 Å². The van der Waals surface area contributed by atoms with E-state index in [1.165, 1.54) is 11.3 Å². The summed E-state index contributed by atoms with van der Waals surface area (Å²) in [4.78, 5) is 4.28. The Kier molecular flexibility index (Phi) is 4.65. The maximum absolute atomic E-state index is 10.8. The van der Waals surface area contributed by atoms with Crippen molar-refractivity contribution in [1.29, 1.82) is 0 Å². The van der Waals surface area contributed by atoms with E-state index < -0.39 is 10.0 Å². The van der Waals surface area contributed by atoms with Crippen LogP contribution >= 0.6 is 11.3 Å². The zero-order chi connectivity index (χ0) is 11.3. The van der Waals surface area contributed by atoms with E-state index in [4.69, 9.17) is 4.74 Å². The molecule has 1 N–H and O–H groups in total. The van der Waals surface area contributed by atoms with E-state index in [0.29, 0.717) is 19.6 Å². The van der Waals surface area contributed by atoms with Crippen LogP contribution in [0.4, 0.5) is 0 Å². The van der Waals surface area contributed by atoms with Gasteiger partial charge in [0.1, 0.15) is 5.01 Å². The predicted octanol–water partition coefficient (Wildman–Crippen LogP) is 0.381. The molecule has 0 saturated heterocycles. The Morgan fingerprint density at radius 3 is 2.93 bits per heavy atom. The third kappa shape index (κ3) is 5.22. The molecule has 1 aromatic heterocycles. The Hall–Kier alpha value is -0.500. The number of thiazole rings is 1. The first-order chi connectivity index (χ1) is 7.01. The smallest absolute Gasteiger partial charge is 0.208 e. The van der Waals surface area contributed by atoms with E-state index in [-0.39, 0.29) is 0 Å². The summed E-state index contributed by atoms with van der Waals surface area (Å²) >= 11 is 1.52. The van der Waals surface area contributed by atoms with Crippen LogP contribution in [-0.2, 0) is 27.8 Å². The van der Waals surface area contributed by atoms with Gasteiger partial charge in [-0.15, -0.1) is 11.3 Å². The number of hydrogen-bond acceptors (Lipinski definition) is 5. The number of hydrogen-bond donors (Lipinski definition) is 1. The van der Waals surface area contributed by atoms with E-state index in [0.717, 1.165) is 17.0 Å². The summed E-state index contributed by atoms with van der Waals surface area (Å²) in [7, 11) is -1.48. The SMILES string of the molecule is COCc1nc(CCNS(C)(=O)=O)cs1. The Morgan fingerprint density at radius 2 is 2.33 bits per heavy atom. The highest BCUT2D eigenvalue weighted by Crippen LogP contribution is 2.10. The topological polar surface area (TPSA) is 68.3 Å². The van der Waals surface area contributed by atoms with E-state index in [2.05, 4.69) is 9.71 Å². The zero-order valence-electron chi connectivity index (χ0n) is 8.69. The fourth-order valence-electron chi connectivity index (χ4n) is 1.02. The van der Waals surface area contributed by atoms with Crippen LogP contribution in [0, 0.1) is 0 Å². The van der Waals surface area contributed by atoms with Crippen molar-refractivity contribution in [2.24, 2.45) is 0 Å². The lowest BCUT2D eigenvalue weighted by Crippen LogP contribution is -2.24. The Balaban J connectivity index is 2.38. The summed E-state index contributed by atoms with van der Waals surface area (Å²) in [5.74, 6) is 0. The fraction of sp³-hybridized carbons (Fsp3) is 0.625. The second kappa shape index (κ2) is 5.55. The molecule has 0 aromatic carbocycles. The number of nitrogens with one attached hydrogen (secondary N) is 1. The molecule has 86 valence electrons. The average Bonchev–Trinajstić information content (AvgIpc) is 2.51. The minimum absolute atomic E-state index is 0.384. The van der Waals surface area contributed by atoms with Crippen LogP contribution in [0.15, 0.2) is 5.38 Å². The minimum Gasteiger partial charge on any atom is -0.378 e. The van der Waals surface area contributed by atoms with Gasteiger partial charge in [0.05, 0.1) is 18.6 Å². The van der Waals surface area contributed by atoms with Gasteiger partial charge in [0.15, 0.2) is 0 Å². The Labute approximate surface area is 93.5 Å². The second-order valence-electron chi connectivity index (χ2n) is 3.08. The molecule has 15 heavy (non-hydrogen) atoms. The quantitative estimate of drug-likeness (QED) is 0.792. The van der Waals surface area contributed by atoms with E-state index in [1.54, 1.807) is 7.11 Å². The van der Waals surface area contributed by atoms with Crippen LogP contribution in [0.3, 0.4) is 0 Å². The minimum atomic E-state index is -3.10. The van der Waals surface area contributed by atoms with Crippen LogP contribution < -0.4 is 4.72 Å². The lowest BCUT2D eigenvalue weighted by Gasteiger charge is -1.99. The van der Waals surface area contributed by atoms with Gasteiger partial charge in [-0.2, -0.15) is 0 Å². The van der Waals surface area contributed by atoms with Gasteiger partial charge >= 0.3 is 0 Å². The molecule has 7 heteroatoms. The van der Waals surface area contributed by atoms with Crippen LogP contribution in [0.2, 0.25) is 0 Å². The molecule has 0 unspecified atom stereocenters. The van der Waals surface area contributed by atoms with E-state index in [1.807, 2.05) is 5.38 Å². The number of aromatic nitrogens is 1. The molecule has 0 atom stereocenters. The summed E-state index contributed by atoms with van der Waals surface area (Å²) in [5.41, 5.74) is 0.892. The molecule has 0 aliphatic rings. The van der Waals surface area contributed by atoms with Crippen LogP contribution in [-0.4, -0.2) is 33.3 Å². The molecule has 1 aromatic rings. The highest BCUT2D eigenvalue weighted by Gasteiger charge is 2.03. The van der Waals surface area contributed by atoms with Gasteiger partial charge in [0.25, 0.3) is 0 Å². The number of methoxy groups -OCH3 is 1. The number of ether oxygens (including phenoxy) is 1. The molecule has 0 fully saturated rings. The second-order valence-corrected chi connectivity index (χ2v) is 5.86. The molecule has 1 heterocycles. The molecular formula is C8H14N2O3S2. The molecular weight excluding hydrogens is 236 g/mol. The Bertz CT molecular complexity index is 400. The van der Waals surface area contributed by atoms with Gasteiger partial charge < -0.3 is 4.74 Å². The Morgan fingerprint density at radius 1 is 1.60 bits per heavy atom. The number of rotatable bonds is 6. The van der Waals surface area contributed by atoms with Gasteiger partial charge in [-0.25, -0.2) is 18.1 Å². The van der Waals surface area contributed by atoms with Gasteiger partial charge in [-0.05, 0) is 0 Å². The fourth-order valence-corrected chi connectivity index (χ4v) is 2.29. The third-order valence-electron chi connectivity index (χ3n) is 1.61. The molecule has 0 saturated carbocycles. The highest BCUT2D eigenvalue weighted by atomic mass is 32.2. The summed E-state index contributed by atoms with van der Waals surface area (Å²) in [5, 5.41) is 2.82. The standard InChI is InChI=1S/C8H14N2O3S2/c1-13-5-8-10-7(6-14-8)3-4-9-15(2,11)12/h6,9H,3-5H2,1-2H3. The van der Waals surface area contributed by atoms with Crippen LogP contribution in [0.5, 0.6) is 0 Å². The maximum atomic E-state index is 10.8. The first-order valence-corrected chi connectivity index (χ1v) is 7.15. The average molecular weight is 250 g/mol. The van der Waals surface area contributed by atoms with Gasteiger partial charge in [0, 0.05) is 25.5 Å². The third-order valence-corrected chi connectivity index (χ3v) is 3.21. The first kappa shape index (κ1) is 12.6. The van der Waals surface area contributed by atoms with Crippen molar-refractivity contribution < 1.29 is 13.2 Å². The first-order valence-electron chi connectivity index (χ1n) is 4.38. The van der Waals surface area contributed by atoms with Crippen molar-refractivity contribution in [2.75, 3.05) is 19.9 Å². The lowest BCUT2D eigenvalue weighted by atomic mass is 10.3. The molecule has 0 spiro atoms. The number of sulfonamides is 1. The summed E-state index contributed by atoms with van der Waals surface area (Å²) in [6.07, 6.45) is 1.75. The molecule has 1 rings (SSSR count). The van der Waals surface area contributed by atoms with Gasteiger partial charge in [-0.1, -0.05) is 0 Å². The monoisotopic (exact) mass is 250 g/mol. The van der Waals surface area contributed by atoms with Gasteiger partial charge in [-0.3, -0.25) is 0 Å². The van der Waals surface area contributed by atoms with E-state index in [9.17, 15) is 8.42 Å². The van der Waals surface area contributed by atoms with Crippen LogP contribution in [0.1, 0.15) is 10.7 Å². The number of nitrogens with zero attached hydrogens (tertiary/aromatic N) is 1. The van der Waals surface area contributed by atoms with Crippen LogP contribution in [0.25, 0.3) is 0 Å². The van der Waals surface area contributed by atoms with Crippen molar-refractivity contribution >= 4 is 21.4 Å². The molecule has 0 radical (unpaired) electrons. The van der Waals surface area contributed by atoms with Crippen molar-refractivity contribution in [3.63, 3.8) is 0 Å². The van der Waals surface area contributed by atoms with Crippen molar-refractivity contribution in [2.45, 2.75) is 13.0 Å². The van der Waals surface area contributed by atoms with Gasteiger partial charge in [0.2, 0.25) is 10.0 Å². The molecule has 0 aliphatic heterocycles. The lowest BCUT2D eigenvalue weighted by molar-refractivity contribution is 0.184. The highest BCUT2D eigenvalue weighted by molar-refractivity contribution is 7.88. The summed E-state index contributed by atoms with van der Waals surface area (Å²) in [6.45, 7) is 0.888. The van der Waals surface area contributed by atoms with Crippen molar-refractivity contribution in [3.05, 3.63) is 16.1 Å². The summed E-state index contributed by atoms with van der Waals surface area (Å²) in [6, 6.07) is 0. The molecule has 5 nitrogen and oxygen atoms in total. The van der Waals surface area contributed by atoms with Crippen molar-refractivity contribution in [1.82, 2.24) is 9.71 Å². The predicted molar refractivity (Wildman–Crippen MR) is 59.4 cm³/mol. The molecule has 0 amide bonds. The summed E-state index contributed by atoms with van der Waals surface area (Å²) < 4.78 is 28.9. The van der Waals surface area contributed by atoms with E-state index >= 15 is 0 Å². The zero-order valence-corrected chi connectivity index (χ0v) is 10.3.